The molecule has 5 heteroatoms. The molecule has 0 aliphatic rings. The Hall–Kier alpha value is -2.04. The lowest BCUT2D eigenvalue weighted by Crippen LogP contribution is -2.15. The van der Waals surface area contributed by atoms with E-state index in [1.807, 2.05) is 25.1 Å². The summed E-state index contributed by atoms with van der Waals surface area (Å²) in [7, 11) is 1.35. The molecular formula is C11H13N3O2. The summed E-state index contributed by atoms with van der Waals surface area (Å²) in [5, 5.41) is 2.86. The molecule has 0 saturated heterocycles. The smallest absolute Gasteiger partial charge is 0.325 e. The van der Waals surface area contributed by atoms with Crippen molar-refractivity contribution in [1.29, 1.82) is 0 Å². The Morgan fingerprint density at radius 2 is 2.38 bits per heavy atom. The van der Waals surface area contributed by atoms with Crippen LogP contribution < -0.4 is 5.32 Å². The van der Waals surface area contributed by atoms with Crippen LogP contribution in [-0.4, -0.2) is 29.6 Å². The Morgan fingerprint density at radius 3 is 3.12 bits per heavy atom. The quantitative estimate of drug-likeness (QED) is 0.767. The maximum absolute atomic E-state index is 10.9. The van der Waals surface area contributed by atoms with Crippen molar-refractivity contribution in [3.8, 4) is 0 Å². The summed E-state index contributed by atoms with van der Waals surface area (Å²) >= 11 is 0. The largest absolute Gasteiger partial charge is 0.468 e. The maximum Gasteiger partial charge on any atom is 0.325 e. The van der Waals surface area contributed by atoms with Crippen LogP contribution in [0, 0.1) is 6.92 Å². The number of esters is 1. The zero-order valence-electron chi connectivity index (χ0n) is 9.20. The number of aromatic nitrogens is 2. The van der Waals surface area contributed by atoms with Gasteiger partial charge >= 0.3 is 5.97 Å². The molecule has 2 N–H and O–H groups in total. The van der Waals surface area contributed by atoms with Gasteiger partial charge in [0.1, 0.15) is 6.54 Å². The average Bonchev–Trinajstić information content (AvgIpc) is 2.67. The molecule has 84 valence electrons. The summed E-state index contributed by atoms with van der Waals surface area (Å²) in [5.41, 5.74) is 2.99. The number of carbonyl (C=O) groups excluding carboxylic acids is 1. The first-order valence-corrected chi connectivity index (χ1v) is 4.96. The van der Waals surface area contributed by atoms with Gasteiger partial charge in [-0.15, -0.1) is 0 Å². The van der Waals surface area contributed by atoms with E-state index in [1.165, 1.54) is 7.11 Å². The van der Waals surface area contributed by atoms with E-state index in [-0.39, 0.29) is 12.5 Å². The molecule has 2 aromatic rings. The van der Waals surface area contributed by atoms with Crippen molar-refractivity contribution in [2.45, 2.75) is 6.92 Å². The number of aryl methyl sites for hydroxylation is 1. The van der Waals surface area contributed by atoms with Gasteiger partial charge in [0.15, 0.2) is 0 Å². The molecule has 0 fully saturated rings. The molecule has 0 aliphatic heterocycles. The van der Waals surface area contributed by atoms with Crippen molar-refractivity contribution < 1.29 is 9.53 Å². The van der Waals surface area contributed by atoms with E-state index in [2.05, 4.69) is 20.0 Å². The number of nitrogens with zero attached hydrogens (tertiary/aromatic N) is 1. The lowest BCUT2D eigenvalue weighted by Gasteiger charge is -1.99. The maximum atomic E-state index is 10.9. The Labute approximate surface area is 92.8 Å². The summed E-state index contributed by atoms with van der Waals surface area (Å²) in [4.78, 5) is 18.3. The fraction of sp³-hybridized carbons (Fsp3) is 0.273. The number of anilines is 1. The van der Waals surface area contributed by atoms with Gasteiger partial charge in [-0.25, -0.2) is 4.98 Å². The van der Waals surface area contributed by atoms with Gasteiger partial charge in [-0.3, -0.25) is 4.79 Å². The second-order valence-electron chi connectivity index (χ2n) is 3.54. The fourth-order valence-corrected chi connectivity index (χ4v) is 1.44. The zero-order valence-corrected chi connectivity index (χ0v) is 9.20. The number of methoxy groups -OCH3 is 1. The number of rotatable bonds is 3. The number of aromatic amines is 1. The third-order valence-electron chi connectivity index (χ3n) is 2.27. The van der Waals surface area contributed by atoms with Crippen molar-refractivity contribution in [2.24, 2.45) is 0 Å². The second-order valence-corrected chi connectivity index (χ2v) is 3.54. The van der Waals surface area contributed by atoms with E-state index in [1.54, 1.807) is 0 Å². The third-order valence-corrected chi connectivity index (χ3v) is 2.27. The predicted molar refractivity (Wildman–Crippen MR) is 61.3 cm³/mol. The van der Waals surface area contributed by atoms with Crippen LogP contribution in [0.15, 0.2) is 18.2 Å². The molecule has 1 heterocycles. The van der Waals surface area contributed by atoms with Crippen LogP contribution in [0.5, 0.6) is 0 Å². The van der Waals surface area contributed by atoms with Crippen LogP contribution in [0.3, 0.4) is 0 Å². The van der Waals surface area contributed by atoms with Gasteiger partial charge in [0.05, 0.1) is 18.1 Å². The summed E-state index contributed by atoms with van der Waals surface area (Å²) in [6, 6.07) is 5.93. The zero-order chi connectivity index (χ0) is 11.5. The van der Waals surface area contributed by atoms with Gasteiger partial charge in [-0.1, -0.05) is 6.07 Å². The minimum Gasteiger partial charge on any atom is -0.468 e. The van der Waals surface area contributed by atoms with E-state index in [9.17, 15) is 4.79 Å². The Morgan fingerprint density at radius 1 is 1.56 bits per heavy atom. The molecule has 0 atom stereocenters. The first-order chi connectivity index (χ1) is 7.69. The van der Waals surface area contributed by atoms with Gasteiger partial charge in [0, 0.05) is 0 Å². The van der Waals surface area contributed by atoms with Crippen molar-refractivity contribution in [3.05, 3.63) is 23.8 Å². The van der Waals surface area contributed by atoms with Crippen molar-refractivity contribution in [2.75, 3.05) is 19.0 Å². The number of imidazole rings is 1. The number of hydrogen-bond donors (Lipinski definition) is 2. The Kier molecular flexibility index (Phi) is 2.76. The fourth-order valence-electron chi connectivity index (χ4n) is 1.44. The lowest BCUT2D eigenvalue weighted by molar-refractivity contribution is -0.138. The van der Waals surface area contributed by atoms with Crippen molar-refractivity contribution in [3.63, 3.8) is 0 Å². The first kappa shape index (κ1) is 10.5. The van der Waals surface area contributed by atoms with E-state index in [0.717, 1.165) is 16.6 Å². The van der Waals surface area contributed by atoms with E-state index in [0.29, 0.717) is 5.95 Å². The van der Waals surface area contributed by atoms with Gasteiger partial charge in [-0.05, 0) is 24.6 Å². The van der Waals surface area contributed by atoms with Crippen LogP contribution in [0.1, 0.15) is 5.56 Å². The molecule has 2 rings (SSSR count). The molecule has 1 aromatic heterocycles. The average molecular weight is 219 g/mol. The highest BCUT2D eigenvalue weighted by Crippen LogP contribution is 2.15. The molecule has 0 radical (unpaired) electrons. The summed E-state index contributed by atoms with van der Waals surface area (Å²) in [5.74, 6) is 0.252. The molecule has 5 nitrogen and oxygen atoms in total. The van der Waals surface area contributed by atoms with Crippen LogP contribution in [0.2, 0.25) is 0 Å². The standard InChI is InChI=1S/C11H13N3O2/c1-7-3-4-8-9(5-7)14-11(13-8)12-6-10(15)16-2/h3-5H,6H2,1-2H3,(H2,12,13,14). The predicted octanol–water partition coefficient (Wildman–Crippen LogP) is 1.46. The van der Waals surface area contributed by atoms with Crippen LogP contribution in [-0.2, 0) is 9.53 Å². The molecule has 1 aromatic carbocycles. The van der Waals surface area contributed by atoms with Gasteiger partial charge in [0.2, 0.25) is 5.95 Å². The SMILES string of the molecule is COC(=O)CNc1nc2ccc(C)cc2[nH]1. The highest BCUT2D eigenvalue weighted by atomic mass is 16.5. The molecular weight excluding hydrogens is 206 g/mol. The van der Waals surface area contributed by atoms with Gasteiger partial charge in [0.25, 0.3) is 0 Å². The molecule has 0 bridgehead atoms. The molecule has 0 unspecified atom stereocenters. The minimum atomic E-state index is -0.323. The number of hydrogen-bond acceptors (Lipinski definition) is 4. The minimum absolute atomic E-state index is 0.106. The summed E-state index contributed by atoms with van der Waals surface area (Å²) in [6.07, 6.45) is 0. The molecule has 16 heavy (non-hydrogen) atoms. The van der Waals surface area contributed by atoms with Crippen LogP contribution in [0.4, 0.5) is 5.95 Å². The number of H-pyrrole nitrogens is 1. The number of fused-ring (bicyclic) bond motifs is 1. The van der Waals surface area contributed by atoms with Crippen molar-refractivity contribution >= 4 is 23.0 Å². The molecule has 0 saturated carbocycles. The topological polar surface area (TPSA) is 67.0 Å². The van der Waals surface area contributed by atoms with E-state index >= 15 is 0 Å². The second kappa shape index (κ2) is 4.22. The van der Waals surface area contributed by atoms with Crippen LogP contribution >= 0.6 is 0 Å². The normalized spacial score (nSPS) is 10.4. The van der Waals surface area contributed by atoms with Crippen molar-refractivity contribution in [1.82, 2.24) is 9.97 Å². The molecule has 0 amide bonds. The van der Waals surface area contributed by atoms with Gasteiger partial charge < -0.3 is 15.0 Å². The highest BCUT2D eigenvalue weighted by Gasteiger charge is 2.04. The highest BCUT2D eigenvalue weighted by molar-refractivity contribution is 5.79. The van der Waals surface area contributed by atoms with E-state index < -0.39 is 0 Å². The van der Waals surface area contributed by atoms with E-state index in [4.69, 9.17) is 0 Å². The molecule has 0 aliphatic carbocycles. The number of benzene rings is 1. The van der Waals surface area contributed by atoms with Crippen LogP contribution in [0.25, 0.3) is 11.0 Å². The Bertz CT molecular complexity index is 519. The lowest BCUT2D eigenvalue weighted by atomic mass is 10.2. The summed E-state index contributed by atoms with van der Waals surface area (Å²) < 4.78 is 4.52. The third kappa shape index (κ3) is 2.13. The number of carbonyl (C=O) groups is 1. The number of nitrogens with one attached hydrogen (secondary N) is 2. The van der Waals surface area contributed by atoms with Gasteiger partial charge in [-0.2, -0.15) is 0 Å². The first-order valence-electron chi connectivity index (χ1n) is 4.96. The Balaban J connectivity index is 2.16. The molecule has 0 spiro atoms. The number of ether oxygens (including phenoxy) is 1. The summed E-state index contributed by atoms with van der Waals surface area (Å²) in [6.45, 7) is 2.12. The monoisotopic (exact) mass is 219 g/mol.